The van der Waals surface area contributed by atoms with Crippen molar-refractivity contribution in [1.82, 2.24) is 14.8 Å². The molecule has 0 atom stereocenters. The number of piperazine rings is 1. The summed E-state index contributed by atoms with van der Waals surface area (Å²) < 4.78 is 0. The largest absolute Gasteiger partial charge is 0.354 e. The van der Waals surface area contributed by atoms with Gasteiger partial charge in [0.15, 0.2) is 0 Å². The zero-order valence-electron chi connectivity index (χ0n) is 15.4. The number of pyridine rings is 1. The zero-order chi connectivity index (χ0) is 18.6. The van der Waals surface area contributed by atoms with Crippen LogP contribution in [0.25, 0.3) is 0 Å². The number of carbonyl (C=O) groups is 2. The fraction of sp³-hybridized carbons (Fsp3) is 0.381. The van der Waals surface area contributed by atoms with Crippen LogP contribution in [0.5, 0.6) is 0 Å². The van der Waals surface area contributed by atoms with Gasteiger partial charge in [-0.15, -0.1) is 0 Å². The van der Waals surface area contributed by atoms with Gasteiger partial charge in [0.2, 0.25) is 0 Å². The third-order valence-corrected chi connectivity index (χ3v) is 5.33. The molecule has 0 unspecified atom stereocenters. The number of hydrogen-bond acceptors (Lipinski definition) is 5. The molecule has 140 valence electrons. The van der Waals surface area contributed by atoms with E-state index >= 15 is 0 Å². The van der Waals surface area contributed by atoms with Crippen LogP contribution in [0.15, 0.2) is 48.7 Å². The Labute approximate surface area is 159 Å². The van der Waals surface area contributed by atoms with Crippen molar-refractivity contribution in [2.75, 3.05) is 44.2 Å². The van der Waals surface area contributed by atoms with Crippen molar-refractivity contribution < 1.29 is 9.59 Å². The number of unbranched alkanes of at least 4 members (excludes halogenated alkanes) is 1. The number of rotatable bonds is 6. The molecule has 0 N–H and O–H groups in total. The number of anilines is 1. The molecule has 4 rings (SSSR count). The first-order valence-electron chi connectivity index (χ1n) is 9.57. The zero-order valence-corrected chi connectivity index (χ0v) is 15.4. The van der Waals surface area contributed by atoms with Crippen molar-refractivity contribution in [1.29, 1.82) is 0 Å². The van der Waals surface area contributed by atoms with Gasteiger partial charge < -0.3 is 4.90 Å². The van der Waals surface area contributed by atoms with E-state index in [0.717, 1.165) is 51.4 Å². The number of hydrogen-bond donors (Lipinski definition) is 0. The Morgan fingerprint density at radius 1 is 0.778 bits per heavy atom. The second-order valence-electron chi connectivity index (χ2n) is 7.03. The Kier molecular flexibility index (Phi) is 5.16. The first-order valence-corrected chi connectivity index (χ1v) is 9.57. The average Bonchev–Trinajstić information content (AvgIpc) is 2.97. The Hall–Kier alpha value is -2.73. The Morgan fingerprint density at radius 3 is 2.04 bits per heavy atom. The lowest BCUT2D eigenvalue weighted by Crippen LogP contribution is -2.47. The maximum Gasteiger partial charge on any atom is 0.261 e. The fourth-order valence-electron chi connectivity index (χ4n) is 3.79. The van der Waals surface area contributed by atoms with Crippen LogP contribution in [0.3, 0.4) is 0 Å². The molecule has 0 bridgehead atoms. The fourth-order valence-corrected chi connectivity index (χ4v) is 3.79. The smallest absolute Gasteiger partial charge is 0.261 e. The number of nitrogens with zero attached hydrogens (tertiary/aromatic N) is 4. The van der Waals surface area contributed by atoms with E-state index in [4.69, 9.17) is 0 Å². The molecule has 0 radical (unpaired) electrons. The van der Waals surface area contributed by atoms with Gasteiger partial charge in [0.05, 0.1) is 11.1 Å². The monoisotopic (exact) mass is 364 g/mol. The molecule has 6 heteroatoms. The molecule has 3 heterocycles. The van der Waals surface area contributed by atoms with Crippen molar-refractivity contribution >= 4 is 17.6 Å². The molecule has 0 spiro atoms. The van der Waals surface area contributed by atoms with Crippen molar-refractivity contribution in [3.05, 3.63) is 59.8 Å². The first kappa shape index (κ1) is 17.7. The van der Waals surface area contributed by atoms with Gasteiger partial charge in [-0.3, -0.25) is 19.4 Å². The number of benzene rings is 1. The SMILES string of the molecule is O=C1c2ccccc2C(=O)N1CCCCN1CCN(c2ccccn2)CC1. The molecular weight excluding hydrogens is 340 g/mol. The summed E-state index contributed by atoms with van der Waals surface area (Å²) in [6.45, 7) is 5.50. The summed E-state index contributed by atoms with van der Waals surface area (Å²) in [6, 6.07) is 13.1. The van der Waals surface area contributed by atoms with E-state index in [9.17, 15) is 9.59 Å². The standard InChI is InChI=1S/C21H24N4O2/c26-20-17-7-1-2-8-18(17)21(27)25(20)12-6-5-11-23-13-15-24(16-14-23)19-9-3-4-10-22-19/h1-4,7-10H,5-6,11-16H2. The summed E-state index contributed by atoms with van der Waals surface area (Å²) >= 11 is 0. The van der Waals surface area contributed by atoms with E-state index in [1.54, 1.807) is 24.3 Å². The van der Waals surface area contributed by atoms with Gasteiger partial charge in [0.25, 0.3) is 11.8 Å². The van der Waals surface area contributed by atoms with E-state index in [1.807, 2.05) is 18.3 Å². The molecule has 27 heavy (non-hydrogen) atoms. The number of fused-ring (bicyclic) bond motifs is 1. The van der Waals surface area contributed by atoms with Crippen molar-refractivity contribution in [3.63, 3.8) is 0 Å². The molecule has 0 saturated carbocycles. The average molecular weight is 364 g/mol. The molecule has 1 aromatic carbocycles. The minimum Gasteiger partial charge on any atom is -0.354 e. The topological polar surface area (TPSA) is 56.8 Å². The number of imide groups is 1. The highest BCUT2D eigenvalue weighted by atomic mass is 16.2. The lowest BCUT2D eigenvalue weighted by atomic mass is 10.1. The summed E-state index contributed by atoms with van der Waals surface area (Å²) in [6.07, 6.45) is 3.66. The number of carbonyl (C=O) groups excluding carboxylic acids is 2. The molecule has 0 aliphatic carbocycles. The predicted octanol–water partition coefficient (Wildman–Crippen LogP) is 2.28. The summed E-state index contributed by atoms with van der Waals surface area (Å²) in [5, 5.41) is 0. The van der Waals surface area contributed by atoms with E-state index < -0.39 is 0 Å². The van der Waals surface area contributed by atoms with Crippen molar-refractivity contribution in [3.8, 4) is 0 Å². The van der Waals surface area contributed by atoms with Crippen LogP contribution in [0.4, 0.5) is 5.82 Å². The molecule has 2 aliphatic rings. The van der Waals surface area contributed by atoms with Crippen LogP contribution in [-0.2, 0) is 0 Å². The van der Waals surface area contributed by atoms with E-state index in [0.29, 0.717) is 17.7 Å². The molecule has 2 amide bonds. The van der Waals surface area contributed by atoms with E-state index in [1.165, 1.54) is 4.90 Å². The molecule has 1 aromatic heterocycles. The van der Waals surface area contributed by atoms with Gasteiger partial charge in [-0.25, -0.2) is 4.98 Å². The molecule has 2 aliphatic heterocycles. The lowest BCUT2D eigenvalue weighted by molar-refractivity contribution is 0.0650. The van der Waals surface area contributed by atoms with Crippen LogP contribution in [0, 0.1) is 0 Å². The highest BCUT2D eigenvalue weighted by molar-refractivity contribution is 6.21. The van der Waals surface area contributed by atoms with Crippen LogP contribution in [0.2, 0.25) is 0 Å². The van der Waals surface area contributed by atoms with Gasteiger partial charge >= 0.3 is 0 Å². The maximum absolute atomic E-state index is 12.4. The van der Waals surface area contributed by atoms with E-state index in [-0.39, 0.29) is 11.8 Å². The summed E-state index contributed by atoms with van der Waals surface area (Å²) in [7, 11) is 0. The van der Waals surface area contributed by atoms with Crippen LogP contribution >= 0.6 is 0 Å². The normalized spacial score (nSPS) is 17.5. The van der Waals surface area contributed by atoms with Crippen LogP contribution in [-0.4, -0.2) is 65.9 Å². The Balaban J connectivity index is 1.20. The van der Waals surface area contributed by atoms with Gasteiger partial charge in [-0.1, -0.05) is 18.2 Å². The molecule has 1 saturated heterocycles. The second-order valence-corrected chi connectivity index (χ2v) is 7.03. The minimum atomic E-state index is -0.153. The number of amides is 2. The first-order chi connectivity index (χ1) is 13.2. The van der Waals surface area contributed by atoms with Crippen LogP contribution < -0.4 is 4.90 Å². The predicted molar refractivity (Wildman–Crippen MR) is 104 cm³/mol. The highest BCUT2D eigenvalue weighted by Crippen LogP contribution is 2.22. The van der Waals surface area contributed by atoms with Crippen LogP contribution in [0.1, 0.15) is 33.6 Å². The lowest BCUT2D eigenvalue weighted by Gasteiger charge is -2.35. The summed E-state index contributed by atoms with van der Waals surface area (Å²) in [4.78, 5) is 35.3. The third kappa shape index (κ3) is 3.71. The molecule has 2 aromatic rings. The number of aromatic nitrogens is 1. The molecule has 6 nitrogen and oxygen atoms in total. The van der Waals surface area contributed by atoms with Gasteiger partial charge in [0.1, 0.15) is 5.82 Å². The van der Waals surface area contributed by atoms with E-state index in [2.05, 4.69) is 20.9 Å². The highest BCUT2D eigenvalue weighted by Gasteiger charge is 2.34. The molecule has 1 fully saturated rings. The molecular formula is C21H24N4O2. The van der Waals surface area contributed by atoms with Gasteiger partial charge in [0, 0.05) is 38.9 Å². The summed E-state index contributed by atoms with van der Waals surface area (Å²) in [5.74, 6) is 0.738. The van der Waals surface area contributed by atoms with Gasteiger partial charge in [-0.05, 0) is 43.7 Å². The van der Waals surface area contributed by atoms with Crippen molar-refractivity contribution in [2.45, 2.75) is 12.8 Å². The Morgan fingerprint density at radius 2 is 1.41 bits per heavy atom. The quantitative estimate of drug-likeness (QED) is 0.581. The van der Waals surface area contributed by atoms with Gasteiger partial charge in [-0.2, -0.15) is 0 Å². The second kappa shape index (κ2) is 7.88. The minimum absolute atomic E-state index is 0.153. The summed E-state index contributed by atoms with van der Waals surface area (Å²) in [5.41, 5.74) is 1.07. The van der Waals surface area contributed by atoms with Crippen molar-refractivity contribution in [2.24, 2.45) is 0 Å². The maximum atomic E-state index is 12.4. The Bertz CT molecular complexity index is 781. The third-order valence-electron chi connectivity index (χ3n) is 5.33.